The average molecular weight is 365 g/mol. The van der Waals surface area contributed by atoms with E-state index in [0.717, 1.165) is 39.1 Å². The van der Waals surface area contributed by atoms with E-state index in [4.69, 9.17) is 0 Å². The summed E-state index contributed by atoms with van der Waals surface area (Å²) in [6.07, 6.45) is 0. The number of hydrogen-bond acceptors (Lipinski definition) is 2. The van der Waals surface area contributed by atoms with E-state index in [-0.39, 0.29) is 5.91 Å². The van der Waals surface area contributed by atoms with Gasteiger partial charge in [-0.2, -0.15) is 11.8 Å². The Morgan fingerprint density at radius 3 is 2.62 bits per heavy atom. The van der Waals surface area contributed by atoms with Gasteiger partial charge in [0.25, 0.3) is 5.91 Å². The number of hydrogen-bond donors (Lipinski definition) is 0. The van der Waals surface area contributed by atoms with Gasteiger partial charge >= 0.3 is 0 Å². The standard InChI is InChI=1S/C11H11Br2NOS/c12-8-1-2-10(13)9(7-8)11(15)14-3-5-16-6-4-14/h1-2,7H,3-6H2. The van der Waals surface area contributed by atoms with E-state index in [2.05, 4.69) is 31.9 Å². The van der Waals surface area contributed by atoms with Gasteiger partial charge in [0.05, 0.1) is 5.56 Å². The maximum atomic E-state index is 12.2. The minimum atomic E-state index is 0.119. The van der Waals surface area contributed by atoms with Crippen LogP contribution in [-0.4, -0.2) is 35.4 Å². The Bertz CT molecular complexity index is 405. The molecule has 0 radical (unpaired) electrons. The van der Waals surface area contributed by atoms with Crippen molar-refractivity contribution in [2.75, 3.05) is 24.6 Å². The molecule has 1 heterocycles. The molecule has 0 aliphatic carbocycles. The van der Waals surface area contributed by atoms with Crippen molar-refractivity contribution in [3.63, 3.8) is 0 Å². The molecule has 16 heavy (non-hydrogen) atoms. The number of carbonyl (C=O) groups excluding carboxylic acids is 1. The number of carbonyl (C=O) groups is 1. The van der Waals surface area contributed by atoms with Crippen LogP contribution in [0.2, 0.25) is 0 Å². The number of halogens is 2. The van der Waals surface area contributed by atoms with Gasteiger partial charge in [0.2, 0.25) is 0 Å². The second-order valence-electron chi connectivity index (χ2n) is 3.53. The minimum Gasteiger partial charge on any atom is -0.337 e. The number of amides is 1. The quantitative estimate of drug-likeness (QED) is 0.761. The van der Waals surface area contributed by atoms with Crippen LogP contribution in [0.5, 0.6) is 0 Å². The fraction of sp³-hybridized carbons (Fsp3) is 0.364. The van der Waals surface area contributed by atoms with Gasteiger partial charge in [-0.1, -0.05) is 15.9 Å². The van der Waals surface area contributed by atoms with Gasteiger partial charge in [0.1, 0.15) is 0 Å². The van der Waals surface area contributed by atoms with Crippen LogP contribution in [0.4, 0.5) is 0 Å². The summed E-state index contributed by atoms with van der Waals surface area (Å²) in [5.41, 5.74) is 0.737. The van der Waals surface area contributed by atoms with Crippen LogP contribution in [0.3, 0.4) is 0 Å². The summed E-state index contributed by atoms with van der Waals surface area (Å²) >= 11 is 8.72. The number of nitrogens with zero attached hydrogens (tertiary/aromatic N) is 1. The van der Waals surface area contributed by atoms with Crippen LogP contribution in [0.15, 0.2) is 27.1 Å². The number of thioether (sulfide) groups is 1. The zero-order chi connectivity index (χ0) is 11.5. The molecule has 2 rings (SSSR count). The molecule has 0 unspecified atom stereocenters. The molecule has 1 aliphatic rings. The lowest BCUT2D eigenvalue weighted by Gasteiger charge is -2.26. The summed E-state index contributed by atoms with van der Waals surface area (Å²) in [4.78, 5) is 14.2. The molecule has 0 atom stereocenters. The molecule has 1 amide bonds. The first-order chi connectivity index (χ1) is 7.68. The third-order valence-corrected chi connectivity index (χ3v) is 4.58. The highest BCUT2D eigenvalue weighted by atomic mass is 79.9. The highest BCUT2D eigenvalue weighted by Gasteiger charge is 2.20. The third kappa shape index (κ3) is 2.81. The van der Waals surface area contributed by atoms with Crippen LogP contribution in [0, 0.1) is 0 Å². The van der Waals surface area contributed by atoms with Crippen LogP contribution >= 0.6 is 43.6 Å². The summed E-state index contributed by atoms with van der Waals surface area (Å²) < 4.78 is 1.80. The first-order valence-electron chi connectivity index (χ1n) is 5.00. The molecular formula is C11H11Br2NOS. The van der Waals surface area contributed by atoms with E-state index in [1.807, 2.05) is 34.9 Å². The van der Waals surface area contributed by atoms with Crippen LogP contribution < -0.4 is 0 Å². The third-order valence-electron chi connectivity index (χ3n) is 2.46. The summed E-state index contributed by atoms with van der Waals surface area (Å²) in [5.74, 6) is 2.20. The summed E-state index contributed by atoms with van der Waals surface area (Å²) in [5, 5.41) is 0. The number of rotatable bonds is 1. The summed E-state index contributed by atoms with van der Waals surface area (Å²) in [6.45, 7) is 1.70. The maximum absolute atomic E-state index is 12.2. The normalized spacial score (nSPS) is 16.2. The Balaban J connectivity index is 2.22. The van der Waals surface area contributed by atoms with E-state index >= 15 is 0 Å². The van der Waals surface area contributed by atoms with Gasteiger partial charge in [-0.05, 0) is 34.1 Å². The van der Waals surface area contributed by atoms with Gasteiger partial charge < -0.3 is 4.90 Å². The van der Waals surface area contributed by atoms with E-state index in [1.54, 1.807) is 0 Å². The van der Waals surface area contributed by atoms with E-state index in [9.17, 15) is 4.79 Å². The predicted octanol–water partition coefficient (Wildman–Crippen LogP) is 3.40. The highest BCUT2D eigenvalue weighted by Crippen LogP contribution is 2.24. The molecular weight excluding hydrogens is 354 g/mol. The molecule has 0 bridgehead atoms. The molecule has 0 saturated carbocycles. The fourth-order valence-electron chi connectivity index (χ4n) is 1.60. The molecule has 1 fully saturated rings. The number of benzene rings is 1. The molecule has 2 nitrogen and oxygen atoms in total. The van der Waals surface area contributed by atoms with Gasteiger partial charge in [0, 0.05) is 33.5 Å². The van der Waals surface area contributed by atoms with E-state index in [1.165, 1.54) is 0 Å². The molecule has 0 aromatic heterocycles. The smallest absolute Gasteiger partial charge is 0.255 e. The SMILES string of the molecule is O=C(c1cc(Br)ccc1Br)N1CCSCC1. The molecule has 86 valence electrons. The summed E-state index contributed by atoms with van der Waals surface area (Å²) in [7, 11) is 0. The first kappa shape index (κ1) is 12.5. The Kier molecular flexibility index (Phi) is 4.33. The van der Waals surface area contributed by atoms with Crippen molar-refractivity contribution in [3.05, 3.63) is 32.7 Å². The predicted molar refractivity (Wildman–Crippen MR) is 75.1 cm³/mol. The van der Waals surface area contributed by atoms with Gasteiger partial charge in [-0.3, -0.25) is 4.79 Å². The minimum absolute atomic E-state index is 0.119. The fourth-order valence-corrected chi connectivity index (χ4v) is 3.28. The first-order valence-corrected chi connectivity index (χ1v) is 7.74. The van der Waals surface area contributed by atoms with Crippen molar-refractivity contribution in [2.24, 2.45) is 0 Å². The van der Waals surface area contributed by atoms with Crippen molar-refractivity contribution in [2.45, 2.75) is 0 Å². The second-order valence-corrected chi connectivity index (χ2v) is 6.52. The zero-order valence-electron chi connectivity index (χ0n) is 8.58. The molecule has 1 saturated heterocycles. The van der Waals surface area contributed by atoms with Crippen molar-refractivity contribution in [1.82, 2.24) is 4.90 Å². The molecule has 1 aromatic rings. The van der Waals surface area contributed by atoms with E-state index in [0.29, 0.717) is 0 Å². The molecule has 5 heteroatoms. The van der Waals surface area contributed by atoms with Crippen molar-refractivity contribution in [1.29, 1.82) is 0 Å². The Labute approximate surface area is 116 Å². The lowest BCUT2D eigenvalue weighted by molar-refractivity contribution is 0.0771. The van der Waals surface area contributed by atoms with Gasteiger partial charge in [0.15, 0.2) is 0 Å². The van der Waals surface area contributed by atoms with Gasteiger partial charge in [-0.15, -0.1) is 0 Å². The van der Waals surface area contributed by atoms with Crippen LogP contribution in [0.25, 0.3) is 0 Å². The summed E-state index contributed by atoms with van der Waals surface area (Å²) in [6, 6.07) is 5.69. The molecule has 0 N–H and O–H groups in total. The van der Waals surface area contributed by atoms with Crippen LogP contribution in [0.1, 0.15) is 10.4 Å². The lowest BCUT2D eigenvalue weighted by Crippen LogP contribution is -2.38. The zero-order valence-corrected chi connectivity index (χ0v) is 12.6. The maximum Gasteiger partial charge on any atom is 0.255 e. The lowest BCUT2D eigenvalue weighted by atomic mass is 10.2. The van der Waals surface area contributed by atoms with Crippen molar-refractivity contribution < 1.29 is 4.79 Å². The monoisotopic (exact) mass is 363 g/mol. The topological polar surface area (TPSA) is 20.3 Å². The largest absolute Gasteiger partial charge is 0.337 e. The second kappa shape index (κ2) is 5.56. The van der Waals surface area contributed by atoms with Gasteiger partial charge in [-0.25, -0.2) is 0 Å². The Morgan fingerprint density at radius 1 is 1.25 bits per heavy atom. The van der Waals surface area contributed by atoms with Crippen molar-refractivity contribution in [3.8, 4) is 0 Å². The Hall–Kier alpha value is -0.000000000000000167. The van der Waals surface area contributed by atoms with Crippen molar-refractivity contribution >= 4 is 49.5 Å². The highest BCUT2D eigenvalue weighted by molar-refractivity contribution is 9.11. The molecule has 0 spiro atoms. The van der Waals surface area contributed by atoms with Crippen LogP contribution in [-0.2, 0) is 0 Å². The molecule has 1 aliphatic heterocycles. The van der Waals surface area contributed by atoms with E-state index < -0.39 is 0 Å². The average Bonchev–Trinajstić information content (AvgIpc) is 2.32. The molecule has 1 aromatic carbocycles. The Morgan fingerprint density at radius 2 is 1.94 bits per heavy atom.